The number of hydrogen-bond donors (Lipinski definition) is 1. The maximum Gasteiger partial charge on any atom is 0.257 e. The summed E-state index contributed by atoms with van der Waals surface area (Å²) in [6, 6.07) is 8.18. The monoisotopic (exact) mass is 333 g/mol. The Balaban J connectivity index is 1.67. The van der Waals surface area contributed by atoms with Gasteiger partial charge in [-0.05, 0) is 36.6 Å². The number of rotatable bonds is 6. The van der Waals surface area contributed by atoms with E-state index in [-0.39, 0.29) is 11.9 Å². The van der Waals surface area contributed by atoms with E-state index in [0.29, 0.717) is 24.1 Å². The predicted octanol–water partition coefficient (Wildman–Crippen LogP) is 3.80. The summed E-state index contributed by atoms with van der Waals surface area (Å²) in [6.45, 7) is 2.31. The zero-order chi connectivity index (χ0) is 16.2. The van der Waals surface area contributed by atoms with E-state index in [9.17, 15) is 4.39 Å². The molecule has 0 amide bonds. The van der Waals surface area contributed by atoms with Crippen LogP contribution in [0.4, 0.5) is 4.39 Å². The third-order valence-electron chi connectivity index (χ3n) is 3.42. The number of thiophene rings is 1. The molecule has 0 aliphatic rings. The molecule has 23 heavy (non-hydrogen) atoms. The van der Waals surface area contributed by atoms with E-state index in [1.807, 2.05) is 24.4 Å². The average Bonchev–Trinajstić information content (AvgIpc) is 3.23. The minimum absolute atomic E-state index is 0.127. The number of halogens is 1. The lowest BCUT2D eigenvalue weighted by molar-refractivity contribution is 0.395. The quantitative estimate of drug-likeness (QED) is 0.743. The van der Waals surface area contributed by atoms with Crippen molar-refractivity contribution in [2.45, 2.75) is 19.5 Å². The number of hydrogen-bond acceptors (Lipinski definition) is 6. The molecule has 5 nitrogen and oxygen atoms in total. The molecule has 1 aromatic carbocycles. The van der Waals surface area contributed by atoms with Crippen LogP contribution in [0, 0.1) is 5.82 Å². The molecule has 0 aliphatic heterocycles. The first-order valence-electron chi connectivity index (χ1n) is 7.10. The van der Waals surface area contributed by atoms with Gasteiger partial charge in [0.1, 0.15) is 11.6 Å². The molecular formula is C16H16FN3O2S. The van der Waals surface area contributed by atoms with Crippen LogP contribution in [0.3, 0.4) is 0 Å². The molecule has 0 saturated carbocycles. The van der Waals surface area contributed by atoms with Gasteiger partial charge in [-0.1, -0.05) is 6.07 Å². The second kappa shape index (κ2) is 6.89. The Morgan fingerprint density at radius 3 is 2.96 bits per heavy atom. The van der Waals surface area contributed by atoms with Crippen LogP contribution >= 0.6 is 11.3 Å². The first-order valence-corrected chi connectivity index (χ1v) is 7.98. The van der Waals surface area contributed by atoms with Gasteiger partial charge in [0.15, 0.2) is 0 Å². The number of aromatic nitrogens is 2. The average molecular weight is 333 g/mol. The summed E-state index contributed by atoms with van der Waals surface area (Å²) in [6.07, 6.45) is 0. The van der Waals surface area contributed by atoms with Crippen molar-refractivity contribution >= 4 is 11.3 Å². The van der Waals surface area contributed by atoms with E-state index in [2.05, 4.69) is 15.5 Å². The summed E-state index contributed by atoms with van der Waals surface area (Å²) in [7, 11) is 1.56. The molecule has 2 heterocycles. The molecule has 1 N–H and O–H groups in total. The second-order valence-corrected chi connectivity index (χ2v) is 5.91. The van der Waals surface area contributed by atoms with Crippen molar-refractivity contribution in [3.05, 3.63) is 53.0 Å². The van der Waals surface area contributed by atoms with Gasteiger partial charge in [0.05, 0.1) is 18.5 Å². The molecular weight excluding hydrogens is 317 g/mol. The summed E-state index contributed by atoms with van der Waals surface area (Å²) in [5, 5.41) is 13.2. The van der Waals surface area contributed by atoms with Crippen LogP contribution in [0.15, 0.2) is 40.1 Å². The highest BCUT2D eigenvalue weighted by molar-refractivity contribution is 7.13. The fraction of sp³-hybridized carbons (Fsp3) is 0.250. The van der Waals surface area contributed by atoms with Crippen molar-refractivity contribution in [1.29, 1.82) is 0 Å². The van der Waals surface area contributed by atoms with Gasteiger partial charge in [0.2, 0.25) is 5.89 Å². The number of benzene rings is 1. The number of nitrogens with one attached hydrogen (secondary N) is 1. The van der Waals surface area contributed by atoms with Gasteiger partial charge in [-0.2, -0.15) is 0 Å². The highest BCUT2D eigenvalue weighted by atomic mass is 32.1. The Morgan fingerprint density at radius 2 is 2.22 bits per heavy atom. The van der Waals surface area contributed by atoms with Crippen molar-refractivity contribution < 1.29 is 13.5 Å². The topological polar surface area (TPSA) is 60.2 Å². The molecule has 0 bridgehead atoms. The number of ether oxygens (including phenoxy) is 1. The van der Waals surface area contributed by atoms with Crippen LogP contribution < -0.4 is 10.1 Å². The standard InChI is InChI=1S/C16H16FN3O2S/c1-10(12-8-11(17)5-6-13(12)21-2)18-9-15-19-20-16(22-15)14-4-3-7-23-14/h3-8,10,18H,9H2,1-2H3. The van der Waals surface area contributed by atoms with Gasteiger partial charge in [0.25, 0.3) is 5.89 Å². The fourth-order valence-electron chi connectivity index (χ4n) is 2.22. The Hall–Kier alpha value is -2.25. The molecule has 1 unspecified atom stereocenters. The Morgan fingerprint density at radius 1 is 1.35 bits per heavy atom. The molecule has 0 radical (unpaired) electrons. The van der Waals surface area contributed by atoms with E-state index >= 15 is 0 Å². The minimum Gasteiger partial charge on any atom is -0.496 e. The SMILES string of the molecule is COc1ccc(F)cc1C(C)NCc1nnc(-c2cccs2)o1. The van der Waals surface area contributed by atoms with Crippen LogP contribution in [-0.4, -0.2) is 17.3 Å². The van der Waals surface area contributed by atoms with E-state index in [1.54, 1.807) is 24.5 Å². The van der Waals surface area contributed by atoms with E-state index in [4.69, 9.17) is 9.15 Å². The number of methoxy groups -OCH3 is 1. The molecule has 2 aromatic heterocycles. The van der Waals surface area contributed by atoms with Crippen LogP contribution in [0.25, 0.3) is 10.8 Å². The molecule has 0 saturated heterocycles. The Labute approximate surface area is 137 Å². The maximum absolute atomic E-state index is 13.4. The van der Waals surface area contributed by atoms with Crippen LogP contribution in [-0.2, 0) is 6.54 Å². The third-order valence-corrected chi connectivity index (χ3v) is 4.27. The molecule has 3 aromatic rings. The predicted molar refractivity (Wildman–Crippen MR) is 85.8 cm³/mol. The minimum atomic E-state index is -0.299. The van der Waals surface area contributed by atoms with Crippen molar-refractivity contribution in [3.8, 4) is 16.5 Å². The molecule has 0 fully saturated rings. The summed E-state index contributed by atoms with van der Waals surface area (Å²) < 4.78 is 24.3. The zero-order valence-corrected chi connectivity index (χ0v) is 13.6. The van der Waals surface area contributed by atoms with E-state index in [1.165, 1.54) is 12.1 Å². The lowest BCUT2D eigenvalue weighted by Crippen LogP contribution is -2.19. The molecule has 120 valence electrons. The van der Waals surface area contributed by atoms with Crippen LogP contribution in [0.2, 0.25) is 0 Å². The lowest BCUT2D eigenvalue weighted by Gasteiger charge is -2.16. The molecule has 0 spiro atoms. The van der Waals surface area contributed by atoms with Crippen molar-refractivity contribution in [3.63, 3.8) is 0 Å². The molecule has 7 heteroatoms. The summed E-state index contributed by atoms with van der Waals surface area (Å²) >= 11 is 1.54. The lowest BCUT2D eigenvalue weighted by atomic mass is 10.1. The number of nitrogens with zero attached hydrogens (tertiary/aromatic N) is 2. The Bertz CT molecular complexity index is 773. The normalized spacial score (nSPS) is 12.3. The van der Waals surface area contributed by atoms with Gasteiger partial charge in [-0.3, -0.25) is 0 Å². The summed E-state index contributed by atoms with van der Waals surface area (Å²) in [4.78, 5) is 0.934. The molecule has 3 rings (SSSR count). The van der Waals surface area contributed by atoms with E-state index in [0.717, 1.165) is 10.4 Å². The summed E-state index contributed by atoms with van der Waals surface area (Å²) in [5.74, 6) is 1.33. The first-order chi connectivity index (χ1) is 11.2. The highest BCUT2D eigenvalue weighted by Gasteiger charge is 2.14. The van der Waals surface area contributed by atoms with Gasteiger partial charge in [-0.25, -0.2) is 4.39 Å². The van der Waals surface area contributed by atoms with Gasteiger partial charge in [-0.15, -0.1) is 21.5 Å². The smallest absolute Gasteiger partial charge is 0.257 e. The third kappa shape index (κ3) is 3.57. The Kier molecular flexibility index (Phi) is 4.68. The van der Waals surface area contributed by atoms with Crippen molar-refractivity contribution in [2.75, 3.05) is 7.11 Å². The van der Waals surface area contributed by atoms with Gasteiger partial charge in [0, 0.05) is 11.6 Å². The highest BCUT2D eigenvalue weighted by Crippen LogP contribution is 2.26. The van der Waals surface area contributed by atoms with Crippen molar-refractivity contribution in [2.24, 2.45) is 0 Å². The van der Waals surface area contributed by atoms with Crippen molar-refractivity contribution in [1.82, 2.24) is 15.5 Å². The van der Waals surface area contributed by atoms with Gasteiger partial charge >= 0.3 is 0 Å². The van der Waals surface area contributed by atoms with Gasteiger partial charge < -0.3 is 14.5 Å². The zero-order valence-electron chi connectivity index (χ0n) is 12.7. The van der Waals surface area contributed by atoms with Crippen LogP contribution in [0.1, 0.15) is 24.4 Å². The summed E-state index contributed by atoms with van der Waals surface area (Å²) in [5.41, 5.74) is 0.741. The molecule has 0 aliphatic carbocycles. The van der Waals surface area contributed by atoms with E-state index < -0.39 is 0 Å². The fourth-order valence-corrected chi connectivity index (χ4v) is 2.86. The maximum atomic E-state index is 13.4. The molecule has 1 atom stereocenters. The first kappa shape index (κ1) is 15.6. The largest absolute Gasteiger partial charge is 0.496 e. The second-order valence-electron chi connectivity index (χ2n) is 4.97. The van der Waals surface area contributed by atoms with Crippen LogP contribution in [0.5, 0.6) is 5.75 Å².